The largest absolute Gasteiger partial charge is 0.469 e. The number of hydrogen-bond acceptors (Lipinski definition) is 4. The molecule has 2 aromatic rings. The van der Waals surface area contributed by atoms with Crippen molar-refractivity contribution in [2.75, 3.05) is 13.2 Å². The van der Waals surface area contributed by atoms with Gasteiger partial charge in [0.15, 0.2) is 6.23 Å². The van der Waals surface area contributed by atoms with E-state index >= 15 is 0 Å². The van der Waals surface area contributed by atoms with E-state index in [1.165, 1.54) is 0 Å². The Morgan fingerprint density at radius 2 is 1.73 bits per heavy atom. The molecule has 0 spiro atoms. The van der Waals surface area contributed by atoms with Gasteiger partial charge >= 0.3 is 6.09 Å². The summed E-state index contributed by atoms with van der Waals surface area (Å²) in [6.07, 6.45) is -0.296. The smallest absolute Gasteiger partial charge is 0.412 e. The number of cyclic esters (lactones) is 1. The zero-order chi connectivity index (χ0) is 17.9. The van der Waals surface area contributed by atoms with Crippen LogP contribution >= 0.6 is 0 Å². The topological polar surface area (TPSA) is 62.6 Å². The molecule has 130 valence electrons. The first-order valence-corrected chi connectivity index (χ1v) is 8.62. The van der Waals surface area contributed by atoms with Gasteiger partial charge in [0.25, 0.3) is 0 Å². The van der Waals surface area contributed by atoms with Gasteiger partial charge < -0.3 is 9.47 Å². The second-order valence-corrected chi connectivity index (χ2v) is 6.30. The Hall–Kier alpha value is -3.26. The molecule has 4 rings (SSSR count). The molecule has 2 atom stereocenters. The summed E-state index contributed by atoms with van der Waals surface area (Å²) in [4.78, 5) is 13.7. The first-order chi connectivity index (χ1) is 12.8. The summed E-state index contributed by atoms with van der Waals surface area (Å²) >= 11 is 0. The first-order valence-electron chi connectivity index (χ1n) is 8.62. The van der Waals surface area contributed by atoms with Gasteiger partial charge in [-0.1, -0.05) is 60.7 Å². The van der Waals surface area contributed by atoms with E-state index in [0.29, 0.717) is 30.9 Å². The Kier molecular flexibility index (Phi) is 4.32. The van der Waals surface area contributed by atoms with E-state index in [1.807, 2.05) is 60.7 Å². The quantitative estimate of drug-likeness (QED) is 0.845. The predicted molar refractivity (Wildman–Crippen MR) is 95.7 cm³/mol. The standard InChI is InChI=1S/C21H18N2O3/c22-14-18-17(15-7-3-1-4-8-15)13-19(23-11-12-25-21(23)24)26-20(18)16-9-5-2-6-10-16/h1-10,17,19H,11-13H2/t17-,19+/m0/s1. The zero-order valence-electron chi connectivity index (χ0n) is 14.2. The summed E-state index contributed by atoms with van der Waals surface area (Å²) in [6.45, 7) is 0.860. The third kappa shape index (κ3) is 2.91. The van der Waals surface area contributed by atoms with Gasteiger partial charge in [0.05, 0.1) is 18.2 Å². The average Bonchev–Trinajstić information content (AvgIpc) is 3.14. The highest BCUT2D eigenvalue weighted by Crippen LogP contribution is 2.41. The van der Waals surface area contributed by atoms with Crippen LogP contribution < -0.4 is 0 Å². The molecule has 1 fully saturated rings. The Morgan fingerprint density at radius 3 is 2.35 bits per heavy atom. The van der Waals surface area contributed by atoms with Crippen molar-refractivity contribution in [3.8, 4) is 6.07 Å². The van der Waals surface area contributed by atoms with Gasteiger partial charge in [-0.15, -0.1) is 0 Å². The number of rotatable bonds is 3. The van der Waals surface area contributed by atoms with Crippen LogP contribution in [0.2, 0.25) is 0 Å². The maximum atomic E-state index is 12.1. The molecule has 1 saturated heterocycles. The first kappa shape index (κ1) is 16.2. The summed E-state index contributed by atoms with van der Waals surface area (Å²) in [6, 6.07) is 21.8. The summed E-state index contributed by atoms with van der Waals surface area (Å²) in [7, 11) is 0. The molecule has 2 aliphatic heterocycles. The molecular formula is C21H18N2O3. The van der Waals surface area contributed by atoms with Crippen molar-refractivity contribution in [2.24, 2.45) is 0 Å². The fourth-order valence-electron chi connectivity index (χ4n) is 3.51. The number of nitrogens with zero attached hydrogens (tertiary/aromatic N) is 2. The molecule has 5 heteroatoms. The van der Waals surface area contributed by atoms with E-state index in [1.54, 1.807) is 4.90 Å². The number of hydrogen-bond donors (Lipinski definition) is 0. The maximum Gasteiger partial charge on any atom is 0.412 e. The van der Waals surface area contributed by atoms with Crippen molar-refractivity contribution in [1.82, 2.24) is 4.90 Å². The van der Waals surface area contributed by atoms with Crippen molar-refractivity contribution >= 4 is 11.9 Å². The van der Waals surface area contributed by atoms with Gasteiger partial charge in [0, 0.05) is 17.9 Å². The number of benzene rings is 2. The van der Waals surface area contributed by atoms with Crippen LogP contribution in [0.1, 0.15) is 23.5 Å². The second-order valence-electron chi connectivity index (χ2n) is 6.30. The van der Waals surface area contributed by atoms with Crippen molar-refractivity contribution < 1.29 is 14.3 Å². The van der Waals surface area contributed by atoms with Crippen LogP contribution in [0, 0.1) is 11.3 Å². The second kappa shape index (κ2) is 6.93. The lowest BCUT2D eigenvalue weighted by Gasteiger charge is -2.35. The lowest BCUT2D eigenvalue weighted by Crippen LogP contribution is -2.41. The number of allylic oxidation sites excluding steroid dienone is 1. The summed E-state index contributed by atoms with van der Waals surface area (Å²) in [5.74, 6) is 0.404. The van der Waals surface area contributed by atoms with Crippen LogP contribution in [0.5, 0.6) is 0 Å². The van der Waals surface area contributed by atoms with Crippen LogP contribution in [0.25, 0.3) is 5.76 Å². The van der Waals surface area contributed by atoms with Crippen molar-refractivity contribution in [2.45, 2.75) is 18.6 Å². The molecule has 2 aromatic carbocycles. The third-order valence-corrected chi connectivity index (χ3v) is 4.78. The Balaban J connectivity index is 1.80. The number of ether oxygens (including phenoxy) is 2. The molecule has 0 N–H and O–H groups in total. The van der Waals surface area contributed by atoms with Gasteiger partial charge in [-0.25, -0.2) is 4.79 Å². The molecule has 1 amide bonds. The monoisotopic (exact) mass is 346 g/mol. The van der Waals surface area contributed by atoms with E-state index in [-0.39, 0.29) is 12.0 Å². The van der Waals surface area contributed by atoms with Crippen LogP contribution in [0.4, 0.5) is 4.79 Å². The fraction of sp³-hybridized carbons (Fsp3) is 0.238. The molecule has 0 radical (unpaired) electrons. The van der Waals surface area contributed by atoms with Gasteiger partial charge in [-0.3, -0.25) is 4.90 Å². The summed E-state index contributed by atoms with van der Waals surface area (Å²) in [5.41, 5.74) is 2.46. The van der Waals surface area contributed by atoms with Gasteiger partial charge in [0.1, 0.15) is 12.4 Å². The maximum absolute atomic E-state index is 12.1. The van der Waals surface area contributed by atoms with E-state index < -0.39 is 6.23 Å². The molecule has 0 aliphatic carbocycles. The fourth-order valence-corrected chi connectivity index (χ4v) is 3.51. The third-order valence-electron chi connectivity index (χ3n) is 4.78. The van der Waals surface area contributed by atoms with E-state index in [9.17, 15) is 10.1 Å². The molecule has 0 aromatic heterocycles. The summed E-state index contributed by atoms with van der Waals surface area (Å²) < 4.78 is 11.2. The molecule has 2 heterocycles. The highest BCUT2D eigenvalue weighted by Gasteiger charge is 2.39. The minimum atomic E-state index is -0.456. The highest BCUT2D eigenvalue weighted by atomic mass is 16.6. The number of amides is 1. The van der Waals surface area contributed by atoms with E-state index in [2.05, 4.69) is 6.07 Å². The molecule has 2 aliphatic rings. The predicted octanol–water partition coefficient (Wildman–Crippen LogP) is 3.90. The minimum absolute atomic E-state index is 0.136. The van der Waals surface area contributed by atoms with Crippen LogP contribution in [0.15, 0.2) is 66.2 Å². The number of carbonyl (C=O) groups excluding carboxylic acids is 1. The Bertz CT molecular complexity index is 871. The van der Waals surface area contributed by atoms with E-state index in [4.69, 9.17) is 9.47 Å². The molecule has 0 unspecified atom stereocenters. The van der Waals surface area contributed by atoms with Crippen molar-refractivity contribution in [3.05, 3.63) is 77.4 Å². The molecule has 0 saturated carbocycles. The van der Waals surface area contributed by atoms with E-state index in [0.717, 1.165) is 11.1 Å². The SMILES string of the molecule is N#CC1=C(c2ccccc2)O[C@@H](N2CCOC2=O)C[C@H]1c1ccccc1. The molecule has 5 nitrogen and oxygen atoms in total. The lowest BCUT2D eigenvalue weighted by molar-refractivity contribution is 0.0187. The van der Waals surface area contributed by atoms with Crippen molar-refractivity contribution in [3.63, 3.8) is 0 Å². The van der Waals surface area contributed by atoms with Crippen LogP contribution in [-0.2, 0) is 9.47 Å². The van der Waals surface area contributed by atoms with Crippen LogP contribution in [0.3, 0.4) is 0 Å². The van der Waals surface area contributed by atoms with Gasteiger partial charge in [0.2, 0.25) is 0 Å². The molecule has 0 bridgehead atoms. The average molecular weight is 346 g/mol. The zero-order valence-corrected chi connectivity index (χ0v) is 14.2. The Morgan fingerprint density at radius 1 is 1.04 bits per heavy atom. The lowest BCUT2D eigenvalue weighted by atomic mass is 9.84. The Labute approximate surface area is 152 Å². The molecular weight excluding hydrogens is 328 g/mol. The van der Waals surface area contributed by atoms with Gasteiger partial charge in [-0.05, 0) is 5.56 Å². The number of carbonyl (C=O) groups is 1. The highest BCUT2D eigenvalue weighted by molar-refractivity contribution is 5.72. The normalized spacial score (nSPS) is 22.6. The minimum Gasteiger partial charge on any atom is -0.469 e. The molecule has 26 heavy (non-hydrogen) atoms. The van der Waals surface area contributed by atoms with Crippen molar-refractivity contribution in [1.29, 1.82) is 5.26 Å². The number of nitriles is 1. The van der Waals surface area contributed by atoms with Gasteiger partial charge in [-0.2, -0.15) is 5.26 Å². The summed E-state index contributed by atoms with van der Waals surface area (Å²) in [5, 5.41) is 9.86. The van der Waals surface area contributed by atoms with Crippen LogP contribution in [-0.4, -0.2) is 30.4 Å².